The molecule has 0 amide bonds. The van der Waals surface area contributed by atoms with Crippen LogP contribution in [0.25, 0.3) is 11.1 Å². The van der Waals surface area contributed by atoms with Gasteiger partial charge in [-0.05, 0) is 36.6 Å². The van der Waals surface area contributed by atoms with Crippen molar-refractivity contribution in [2.24, 2.45) is 0 Å². The highest BCUT2D eigenvalue weighted by atomic mass is 32.2. The van der Waals surface area contributed by atoms with Gasteiger partial charge in [-0.1, -0.05) is 5.16 Å². The summed E-state index contributed by atoms with van der Waals surface area (Å²) in [6.45, 7) is 0. The van der Waals surface area contributed by atoms with Crippen LogP contribution in [0.1, 0.15) is 30.1 Å². The molecule has 0 unspecified atom stereocenters. The third-order valence-electron chi connectivity index (χ3n) is 3.52. The zero-order chi connectivity index (χ0) is 16.1. The molecule has 0 N–H and O–H groups in total. The van der Waals surface area contributed by atoms with Gasteiger partial charge in [0.2, 0.25) is 0 Å². The molecule has 1 aromatic carbocycles. The van der Waals surface area contributed by atoms with Gasteiger partial charge in [0, 0.05) is 17.7 Å². The van der Waals surface area contributed by atoms with Crippen LogP contribution >= 0.6 is 0 Å². The van der Waals surface area contributed by atoms with E-state index in [4.69, 9.17) is 4.52 Å². The van der Waals surface area contributed by atoms with E-state index in [1.54, 1.807) is 0 Å². The van der Waals surface area contributed by atoms with Crippen LogP contribution in [0, 0.1) is 0 Å². The summed E-state index contributed by atoms with van der Waals surface area (Å²) in [6, 6.07) is 2.79. The second-order valence-corrected chi connectivity index (χ2v) is 7.41. The molecule has 3 rings (SSSR count). The molecule has 0 bridgehead atoms. The summed E-state index contributed by atoms with van der Waals surface area (Å²) in [7, 11) is -3.77. The fourth-order valence-electron chi connectivity index (χ4n) is 2.24. The van der Waals surface area contributed by atoms with Crippen molar-refractivity contribution >= 4 is 9.84 Å². The highest BCUT2D eigenvalue weighted by Crippen LogP contribution is 2.45. The molecule has 2 aromatic rings. The monoisotopic (exact) mass is 331 g/mol. The minimum absolute atomic E-state index is 0.147. The summed E-state index contributed by atoms with van der Waals surface area (Å²) >= 11 is 0. The molecule has 8 heteroatoms. The lowest BCUT2D eigenvalue weighted by Gasteiger charge is -2.11. The SMILES string of the molecule is CS(=O)(=O)c1cc(-c2cnoc2C2CC2)cc(C(F)(F)F)c1. The number of hydrogen-bond donors (Lipinski definition) is 0. The third kappa shape index (κ3) is 2.87. The maximum Gasteiger partial charge on any atom is 0.416 e. The molecule has 1 aromatic heterocycles. The molecular weight excluding hydrogens is 319 g/mol. The molecule has 4 nitrogen and oxygen atoms in total. The van der Waals surface area contributed by atoms with Crippen LogP contribution in [0.2, 0.25) is 0 Å². The number of hydrogen-bond acceptors (Lipinski definition) is 4. The van der Waals surface area contributed by atoms with Crippen LogP contribution in [0.4, 0.5) is 13.2 Å². The number of benzene rings is 1. The molecule has 0 spiro atoms. The van der Waals surface area contributed by atoms with E-state index < -0.39 is 21.6 Å². The number of sulfone groups is 1. The maximum atomic E-state index is 13.0. The van der Waals surface area contributed by atoms with Crippen LogP contribution in [0.3, 0.4) is 0 Å². The first-order valence-electron chi connectivity index (χ1n) is 6.53. The van der Waals surface area contributed by atoms with Crippen molar-refractivity contribution in [1.29, 1.82) is 0 Å². The van der Waals surface area contributed by atoms with Crippen LogP contribution in [0.15, 0.2) is 33.8 Å². The zero-order valence-corrected chi connectivity index (χ0v) is 12.3. The quantitative estimate of drug-likeness (QED) is 0.861. The minimum Gasteiger partial charge on any atom is -0.360 e. The van der Waals surface area contributed by atoms with Gasteiger partial charge in [0.15, 0.2) is 9.84 Å². The Kier molecular flexibility index (Phi) is 3.32. The topological polar surface area (TPSA) is 60.2 Å². The van der Waals surface area contributed by atoms with Gasteiger partial charge >= 0.3 is 6.18 Å². The van der Waals surface area contributed by atoms with Crippen LogP contribution < -0.4 is 0 Å². The average molecular weight is 331 g/mol. The number of alkyl halides is 3. The number of rotatable bonds is 3. The summed E-state index contributed by atoms with van der Waals surface area (Å²) in [5.41, 5.74) is -0.440. The summed E-state index contributed by atoms with van der Waals surface area (Å²) in [6.07, 6.45) is -0.649. The Labute approximate surface area is 124 Å². The lowest BCUT2D eigenvalue weighted by Crippen LogP contribution is -2.08. The Hall–Kier alpha value is -1.83. The Morgan fingerprint density at radius 1 is 1.23 bits per heavy atom. The van der Waals surface area contributed by atoms with E-state index in [0.29, 0.717) is 17.4 Å². The molecule has 1 aliphatic rings. The molecule has 1 fully saturated rings. The summed E-state index contributed by atoms with van der Waals surface area (Å²) in [5, 5.41) is 3.64. The minimum atomic E-state index is -4.63. The Morgan fingerprint density at radius 2 is 1.91 bits per heavy atom. The fourth-order valence-corrected chi connectivity index (χ4v) is 2.92. The molecule has 1 heterocycles. The Morgan fingerprint density at radius 3 is 2.45 bits per heavy atom. The second kappa shape index (κ2) is 4.84. The Bertz CT molecular complexity index is 820. The zero-order valence-electron chi connectivity index (χ0n) is 11.5. The molecule has 1 aliphatic carbocycles. The standard InChI is InChI=1S/C14H12F3NO3S/c1-22(19,20)11-5-9(4-10(6-11)14(15,16)17)12-7-18-21-13(12)8-2-3-8/h4-8H,2-3H2,1H3. The number of halogens is 3. The van der Waals surface area contributed by atoms with Gasteiger partial charge in [-0.3, -0.25) is 0 Å². The summed E-state index contributed by atoms with van der Waals surface area (Å²) in [4.78, 5) is -0.375. The first kappa shape index (κ1) is 15.1. The van der Waals surface area contributed by atoms with Crippen molar-refractivity contribution in [3.8, 4) is 11.1 Å². The molecule has 22 heavy (non-hydrogen) atoms. The normalized spacial score (nSPS) is 16.0. The fraction of sp³-hybridized carbons (Fsp3) is 0.357. The van der Waals surface area contributed by atoms with E-state index in [1.807, 2.05) is 0 Å². The predicted octanol–water partition coefficient (Wildman–Crippen LogP) is 3.64. The summed E-state index contributed by atoms with van der Waals surface area (Å²) < 4.78 is 67.5. The van der Waals surface area contributed by atoms with Crippen molar-refractivity contribution in [3.63, 3.8) is 0 Å². The van der Waals surface area contributed by atoms with Gasteiger partial charge in [-0.25, -0.2) is 8.42 Å². The lowest BCUT2D eigenvalue weighted by atomic mass is 10.0. The van der Waals surface area contributed by atoms with E-state index in [0.717, 1.165) is 25.2 Å². The third-order valence-corrected chi connectivity index (χ3v) is 4.61. The molecular formula is C14H12F3NO3S. The molecule has 0 atom stereocenters. The van der Waals surface area contributed by atoms with Gasteiger partial charge in [-0.15, -0.1) is 0 Å². The van der Waals surface area contributed by atoms with Gasteiger partial charge < -0.3 is 4.52 Å². The van der Waals surface area contributed by atoms with Gasteiger partial charge in [0.05, 0.1) is 16.7 Å². The summed E-state index contributed by atoms with van der Waals surface area (Å²) in [5.74, 6) is 0.660. The number of nitrogens with zero attached hydrogens (tertiary/aromatic N) is 1. The van der Waals surface area contributed by atoms with Crippen LogP contribution in [-0.2, 0) is 16.0 Å². The molecule has 0 radical (unpaired) electrons. The highest BCUT2D eigenvalue weighted by Gasteiger charge is 2.34. The molecule has 0 saturated heterocycles. The van der Waals surface area contributed by atoms with Crippen molar-refractivity contribution in [2.45, 2.75) is 29.8 Å². The largest absolute Gasteiger partial charge is 0.416 e. The van der Waals surface area contributed by atoms with E-state index in [1.165, 1.54) is 12.3 Å². The first-order chi connectivity index (χ1) is 10.2. The average Bonchev–Trinajstić information content (AvgIpc) is 3.13. The van der Waals surface area contributed by atoms with Crippen molar-refractivity contribution in [1.82, 2.24) is 5.16 Å². The van der Waals surface area contributed by atoms with Crippen LogP contribution in [-0.4, -0.2) is 19.8 Å². The van der Waals surface area contributed by atoms with Gasteiger partial charge in [0.1, 0.15) is 5.76 Å². The van der Waals surface area contributed by atoms with Crippen LogP contribution in [0.5, 0.6) is 0 Å². The van der Waals surface area contributed by atoms with E-state index in [9.17, 15) is 21.6 Å². The van der Waals surface area contributed by atoms with Crippen molar-refractivity contribution < 1.29 is 26.1 Å². The maximum absolute atomic E-state index is 13.0. The van der Waals surface area contributed by atoms with Gasteiger partial charge in [-0.2, -0.15) is 13.2 Å². The lowest BCUT2D eigenvalue weighted by molar-refractivity contribution is -0.137. The first-order valence-corrected chi connectivity index (χ1v) is 8.42. The highest BCUT2D eigenvalue weighted by molar-refractivity contribution is 7.90. The van der Waals surface area contributed by atoms with Gasteiger partial charge in [0.25, 0.3) is 0 Å². The number of aromatic nitrogens is 1. The molecule has 1 saturated carbocycles. The van der Waals surface area contributed by atoms with Crippen molar-refractivity contribution in [2.75, 3.05) is 6.26 Å². The molecule has 118 valence electrons. The Balaban J connectivity index is 2.20. The predicted molar refractivity (Wildman–Crippen MR) is 72.0 cm³/mol. The van der Waals surface area contributed by atoms with E-state index in [2.05, 4.69) is 5.16 Å². The van der Waals surface area contributed by atoms with E-state index in [-0.39, 0.29) is 16.4 Å². The smallest absolute Gasteiger partial charge is 0.360 e. The van der Waals surface area contributed by atoms with Crippen molar-refractivity contribution in [3.05, 3.63) is 35.7 Å². The van der Waals surface area contributed by atoms with E-state index >= 15 is 0 Å². The molecule has 0 aliphatic heterocycles. The second-order valence-electron chi connectivity index (χ2n) is 5.39.